The zero-order valence-corrected chi connectivity index (χ0v) is 12.1. The average molecular weight is 284 g/mol. The van der Waals surface area contributed by atoms with Crippen LogP contribution in [0.4, 0.5) is 0 Å². The maximum atomic E-state index is 11.1. The van der Waals surface area contributed by atoms with Crippen molar-refractivity contribution < 1.29 is 9.53 Å². The molecule has 2 aromatic carbocycles. The van der Waals surface area contributed by atoms with E-state index >= 15 is 0 Å². The number of benzene rings is 2. The molecule has 2 rings (SSSR count). The monoisotopic (exact) mass is 284 g/mol. The number of amides is 1. The Labute approximate surface area is 124 Å². The van der Waals surface area contributed by atoms with E-state index in [-0.39, 0.29) is 0 Å². The van der Waals surface area contributed by atoms with Crippen LogP contribution in [0.1, 0.15) is 21.5 Å². The molecule has 0 heterocycles. The number of primary amides is 1. The molecule has 0 aliphatic carbocycles. The highest BCUT2D eigenvalue weighted by molar-refractivity contribution is 5.93. The Balaban J connectivity index is 1.75. The van der Waals surface area contributed by atoms with Gasteiger partial charge in [0.2, 0.25) is 5.91 Å². The number of nitrogens with one attached hydrogen (secondary N) is 1. The molecule has 110 valence electrons. The van der Waals surface area contributed by atoms with Crippen LogP contribution in [0.2, 0.25) is 0 Å². The maximum absolute atomic E-state index is 11.1. The average Bonchev–Trinajstić information content (AvgIpc) is 2.49. The summed E-state index contributed by atoms with van der Waals surface area (Å²) in [5.74, 6) is 0.482. The van der Waals surface area contributed by atoms with E-state index < -0.39 is 5.91 Å². The van der Waals surface area contributed by atoms with Gasteiger partial charge in [-0.05, 0) is 42.3 Å². The lowest BCUT2D eigenvalue weighted by atomic mass is 10.0. The van der Waals surface area contributed by atoms with E-state index in [0.717, 1.165) is 30.0 Å². The van der Waals surface area contributed by atoms with E-state index in [1.165, 1.54) is 0 Å². The molecule has 0 unspecified atom stereocenters. The molecule has 3 N–H and O–H groups in total. The molecule has 0 saturated heterocycles. The molecular formula is C17H20N2O2. The zero-order valence-electron chi connectivity index (χ0n) is 12.1. The summed E-state index contributed by atoms with van der Waals surface area (Å²) in [5, 5.41) is 3.32. The first-order valence-corrected chi connectivity index (χ1v) is 6.94. The van der Waals surface area contributed by atoms with Crippen molar-refractivity contribution in [2.24, 2.45) is 5.73 Å². The Kier molecular flexibility index (Phi) is 5.35. The minimum absolute atomic E-state index is 0.395. The van der Waals surface area contributed by atoms with Crippen molar-refractivity contribution in [2.45, 2.75) is 13.5 Å². The zero-order chi connectivity index (χ0) is 15.1. The highest BCUT2D eigenvalue weighted by Gasteiger charge is 2.03. The molecule has 0 radical (unpaired) electrons. The third-order valence-corrected chi connectivity index (χ3v) is 3.23. The predicted octanol–water partition coefficient (Wildman–Crippen LogP) is 2.26. The molecule has 0 aliphatic rings. The number of hydrogen-bond acceptors (Lipinski definition) is 3. The summed E-state index contributed by atoms with van der Waals surface area (Å²) in [7, 11) is 0. The van der Waals surface area contributed by atoms with Gasteiger partial charge < -0.3 is 15.8 Å². The molecule has 4 heteroatoms. The fourth-order valence-corrected chi connectivity index (χ4v) is 2.03. The minimum Gasteiger partial charge on any atom is -0.492 e. The Bertz CT molecular complexity index is 597. The highest BCUT2D eigenvalue weighted by Crippen LogP contribution is 2.11. The van der Waals surface area contributed by atoms with Crippen LogP contribution in [0.25, 0.3) is 0 Å². The molecule has 0 aromatic heterocycles. The first kappa shape index (κ1) is 15.1. The van der Waals surface area contributed by atoms with Gasteiger partial charge in [-0.1, -0.05) is 24.3 Å². The molecule has 2 aromatic rings. The number of nitrogens with two attached hydrogens (primary N) is 1. The van der Waals surface area contributed by atoms with Crippen molar-refractivity contribution in [1.82, 2.24) is 5.32 Å². The molecule has 0 spiro atoms. The fourth-order valence-electron chi connectivity index (χ4n) is 2.03. The van der Waals surface area contributed by atoms with E-state index in [0.29, 0.717) is 12.2 Å². The van der Waals surface area contributed by atoms with Gasteiger partial charge in [0, 0.05) is 18.7 Å². The quantitative estimate of drug-likeness (QED) is 0.767. The summed E-state index contributed by atoms with van der Waals surface area (Å²) in [5.41, 5.74) is 8.01. The topological polar surface area (TPSA) is 64.4 Å². The Hall–Kier alpha value is -2.33. The molecule has 4 nitrogen and oxygen atoms in total. The summed E-state index contributed by atoms with van der Waals surface area (Å²) < 4.78 is 5.60. The summed E-state index contributed by atoms with van der Waals surface area (Å²) >= 11 is 0. The van der Waals surface area contributed by atoms with Gasteiger partial charge in [0.05, 0.1) is 0 Å². The number of para-hydroxylation sites is 1. The largest absolute Gasteiger partial charge is 0.492 e. The van der Waals surface area contributed by atoms with Crippen LogP contribution in [-0.4, -0.2) is 19.1 Å². The van der Waals surface area contributed by atoms with Crippen molar-refractivity contribution in [3.8, 4) is 5.75 Å². The maximum Gasteiger partial charge on any atom is 0.248 e. The van der Waals surface area contributed by atoms with Crippen molar-refractivity contribution in [1.29, 1.82) is 0 Å². The van der Waals surface area contributed by atoms with Crippen LogP contribution >= 0.6 is 0 Å². The predicted molar refractivity (Wildman–Crippen MR) is 83.3 cm³/mol. The van der Waals surface area contributed by atoms with Crippen molar-refractivity contribution >= 4 is 5.91 Å². The highest BCUT2D eigenvalue weighted by atomic mass is 16.5. The number of carbonyl (C=O) groups excluding carboxylic acids is 1. The standard InChI is InChI=1S/C17H20N2O2/c1-13-11-14(17(18)20)7-8-15(13)12-19-9-10-21-16-5-3-2-4-6-16/h2-8,11,19H,9-10,12H2,1H3,(H2,18,20). The third kappa shape index (κ3) is 4.61. The van der Waals surface area contributed by atoms with Gasteiger partial charge in [0.25, 0.3) is 0 Å². The van der Waals surface area contributed by atoms with E-state index in [1.807, 2.05) is 49.4 Å². The smallest absolute Gasteiger partial charge is 0.248 e. The second-order valence-corrected chi connectivity index (χ2v) is 4.84. The van der Waals surface area contributed by atoms with Crippen LogP contribution in [0.5, 0.6) is 5.75 Å². The number of rotatable bonds is 7. The lowest BCUT2D eigenvalue weighted by molar-refractivity contribution is 0.1000. The number of carbonyl (C=O) groups is 1. The lowest BCUT2D eigenvalue weighted by Gasteiger charge is -2.10. The number of aryl methyl sites for hydroxylation is 1. The first-order valence-electron chi connectivity index (χ1n) is 6.94. The minimum atomic E-state index is -0.395. The molecule has 0 saturated carbocycles. The third-order valence-electron chi connectivity index (χ3n) is 3.23. The summed E-state index contributed by atoms with van der Waals surface area (Å²) in [6.07, 6.45) is 0. The molecule has 0 bridgehead atoms. The summed E-state index contributed by atoms with van der Waals surface area (Å²) in [6.45, 7) is 4.08. The normalized spacial score (nSPS) is 10.3. The Morgan fingerprint density at radius 1 is 1.19 bits per heavy atom. The van der Waals surface area contributed by atoms with Gasteiger partial charge >= 0.3 is 0 Å². The summed E-state index contributed by atoms with van der Waals surface area (Å²) in [4.78, 5) is 11.1. The van der Waals surface area contributed by atoms with E-state index in [2.05, 4.69) is 5.32 Å². The SMILES string of the molecule is Cc1cc(C(N)=O)ccc1CNCCOc1ccccc1. The first-order chi connectivity index (χ1) is 10.2. The molecular weight excluding hydrogens is 264 g/mol. The van der Waals surface area contributed by atoms with Gasteiger partial charge in [-0.15, -0.1) is 0 Å². The van der Waals surface area contributed by atoms with Gasteiger partial charge in [-0.25, -0.2) is 0 Å². The second kappa shape index (κ2) is 7.45. The van der Waals surface area contributed by atoms with E-state index in [4.69, 9.17) is 10.5 Å². The van der Waals surface area contributed by atoms with Crippen molar-refractivity contribution in [3.05, 3.63) is 65.2 Å². The van der Waals surface area contributed by atoms with Crippen LogP contribution in [0.15, 0.2) is 48.5 Å². The Morgan fingerprint density at radius 3 is 2.62 bits per heavy atom. The van der Waals surface area contributed by atoms with Crippen LogP contribution < -0.4 is 15.8 Å². The summed E-state index contributed by atoms with van der Waals surface area (Å²) in [6, 6.07) is 15.2. The van der Waals surface area contributed by atoms with Crippen LogP contribution in [0, 0.1) is 6.92 Å². The molecule has 0 aliphatic heterocycles. The number of ether oxygens (including phenoxy) is 1. The number of hydrogen-bond donors (Lipinski definition) is 2. The second-order valence-electron chi connectivity index (χ2n) is 4.84. The molecule has 0 fully saturated rings. The van der Waals surface area contributed by atoms with E-state index in [1.54, 1.807) is 6.07 Å². The molecule has 21 heavy (non-hydrogen) atoms. The van der Waals surface area contributed by atoms with Gasteiger partial charge in [-0.2, -0.15) is 0 Å². The van der Waals surface area contributed by atoms with Gasteiger partial charge in [-0.3, -0.25) is 4.79 Å². The molecule has 1 amide bonds. The lowest BCUT2D eigenvalue weighted by Crippen LogP contribution is -2.21. The van der Waals surface area contributed by atoms with Crippen LogP contribution in [0.3, 0.4) is 0 Å². The van der Waals surface area contributed by atoms with Crippen LogP contribution in [-0.2, 0) is 6.54 Å². The van der Waals surface area contributed by atoms with Crippen molar-refractivity contribution in [2.75, 3.05) is 13.2 Å². The molecule has 0 atom stereocenters. The van der Waals surface area contributed by atoms with Gasteiger partial charge in [0.15, 0.2) is 0 Å². The van der Waals surface area contributed by atoms with Crippen molar-refractivity contribution in [3.63, 3.8) is 0 Å². The Morgan fingerprint density at radius 2 is 1.95 bits per heavy atom. The fraction of sp³-hybridized carbons (Fsp3) is 0.235. The van der Waals surface area contributed by atoms with E-state index in [9.17, 15) is 4.79 Å². The van der Waals surface area contributed by atoms with Gasteiger partial charge in [0.1, 0.15) is 12.4 Å².